The molecular weight excluding hydrogens is 80.1 g/mol. The molecule has 28 valence electrons. The molecular formula is C2H6N2Si. The Morgan fingerprint density at radius 3 is 2.60 bits per heavy atom. The quantitative estimate of drug-likeness (QED) is 0.341. The minimum absolute atomic E-state index is 0.260. The standard InChI is InChI=1S/C2H6N2Si/c1-5-4-2-3/h3H,5H2,1H3. The summed E-state index contributed by atoms with van der Waals surface area (Å²) < 4.78 is 3.53. The zero-order chi connectivity index (χ0) is 4.12. The van der Waals surface area contributed by atoms with Crippen molar-refractivity contribution < 1.29 is 0 Å². The second kappa shape index (κ2) is 3.60. The molecule has 0 amide bonds. The Morgan fingerprint density at radius 2 is 2.60 bits per heavy atom. The number of hydrogen-bond acceptors (Lipinski definition) is 2. The fraction of sp³-hybridized carbons (Fsp3) is 0.500. The van der Waals surface area contributed by atoms with Crippen molar-refractivity contribution in [3.05, 3.63) is 0 Å². The van der Waals surface area contributed by atoms with Crippen molar-refractivity contribution in [1.29, 1.82) is 5.41 Å². The monoisotopic (exact) mass is 86.0 g/mol. The molecule has 0 aromatic carbocycles. The number of nitrogens with one attached hydrogen (secondary N) is 1. The lowest BCUT2D eigenvalue weighted by atomic mass is 11.6. The van der Waals surface area contributed by atoms with Crippen molar-refractivity contribution in [2.75, 3.05) is 0 Å². The van der Waals surface area contributed by atoms with Crippen LogP contribution in [0.5, 0.6) is 0 Å². The largest absolute Gasteiger partial charge is 0.275 e. The minimum Gasteiger partial charge on any atom is -0.275 e. The molecule has 2 nitrogen and oxygen atoms in total. The van der Waals surface area contributed by atoms with E-state index in [1.165, 1.54) is 0 Å². The first-order valence-electron chi connectivity index (χ1n) is 1.50. The Bertz CT molecular complexity index is 54.7. The molecule has 0 radical (unpaired) electrons. The molecule has 0 saturated heterocycles. The Hall–Kier alpha value is -0.403. The van der Waals surface area contributed by atoms with Gasteiger partial charge in [-0.2, -0.15) is 0 Å². The van der Waals surface area contributed by atoms with Crippen molar-refractivity contribution in [2.45, 2.75) is 6.55 Å². The van der Waals surface area contributed by atoms with Crippen LogP contribution in [-0.4, -0.2) is 15.7 Å². The second-order valence-corrected chi connectivity index (χ2v) is 1.53. The van der Waals surface area contributed by atoms with Crippen LogP contribution in [0.2, 0.25) is 6.55 Å². The Balaban J connectivity index is 2.93. The van der Waals surface area contributed by atoms with E-state index in [0.29, 0.717) is 0 Å². The second-order valence-electron chi connectivity index (χ2n) is 0.586. The topological polar surface area (TPSA) is 36.2 Å². The van der Waals surface area contributed by atoms with Gasteiger partial charge in [0.05, 0.1) is 6.01 Å². The smallest absolute Gasteiger partial charge is 0.161 e. The van der Waals surface area contributed by atoms with Crippen LogP contribution in [0.25, 0.3) is 0 Å². The predicted molar refractivity (Wildman–Crippen MR) is 24.6 cm³/mol. The fourth-order valence-corrected chi connectivity index (χ4v) is 0.237. The van der Waals surface area contributed by atoms with E-state index in [-0.39, 0.29) is 9.68 Å². The van der Waals surface area contributed by atoms with Gasteiger partial charge in [0.25, 0.3) is 0 Å². The van der Waals surface area contributed by atoms with Crippen LogP contribution in [0.3, 0.4) is 0 Å². The van der Waals surface area contributed by atoms with Crippen LogP contribution >= 0.6 is 0 Å². The van der Waals surface area contributed by atoms with Crippen molar-refractivity contribution in [2.24, 2.45) is 4.66 Å². The molecule has 0 unspecified atom stereocenters. The molecule has 0 saturated carbocycles. The third-order valence-corrected chi connectivity index (χ3v) is 0.712. The highest BCUT2D eigenvalue weighted by atomic mass is 28.2. The first-order chi connectivity index (χ1) is 2.41. The lowest BCUT2D eigenvalue weighted by Gasteiger charge is -1.58. The zero-order valence-electron chi connectivity index (χ0n) is 3.15. The van der Waals surface area contributed by atoms with Crippen LogP contribution in [0.15, 0.2) is 4.66 Å². The Labute approximate surface area is 33.3 Å². The molecule has 0 aromatic heterocycles. The summed E-state index contributed by atoms with van der Waals surface area (Å²) in [5, 5.41) is 6.22. The van der Waals surface area contributed by atoms with E-state index >= 15 is 0 Å². The molecule has 0 aliphatic rings. The van der Waals surface area contributed by atoms with Gasteiger partial charge in [0.2, 0.25) is 0 Å². The fourth-order valence-electron chi connectivity index (χ4n) is 0.0791. The van der Waals surface area contributed by atoms with Crippen LogP contribution in [-0.2, 0) is 0 Å². The minimum atomic E-state index is -0.260. The summed E-state index contributed by atoms with van der Waals surface area (Å²) in [6, 6.07) is 1.95. The van der Waals surface area contributed by atoms with Gasteiger partial charge in [-0.25, -0.2) is 5.41 Å². The summed E-state index contributed by atoms with van der Waals surface area (Å²) in [4.78, 5) is 0. The molecule has 3 heteroatoms. The maximum absolute atomic E-state index is 6.22. The van der Waals surface area contributed by atoms with Gasteiger partial charge in [-0.1, -0.05) is 6.55 Å². The van der Waals surface area contributed by atoms with E-state index in [4.69, 9.17) is 5.41 Å². The molecule has 0 rings (SSSR count). The normalized spacial score (nSPS) is 8.20. The van der Waals surface area contributed by atoms with Crippen LogP contribution < -0.4 is 0 Å². The van der Waals surface area contributed by atoms with Crippen molar-refractivity contribution in [3.63, 3.8) is 0 Å². The summed E-state index contributed by atoms with van der Waals surface area (Å²) >= 11 is 0. The predicted octanol–water partition coefficient (Wildman–Crippen LogP) is -0.129. The van der Waals surface area contributed by atoms with Crippen molar-refractivity contribution in [1.82, 2.24) is 0 Å². The summed E-state index contributed by atoms with van der Waals surface area (Å²) in [6.45, 7) is 2.00. The molecule has 5 heavy (non-hydrogen) atoms. The molecule has 0 fully saturated rings. The first kappa shape index (κ1) is 4.60. The van der Waals surface area contributed by atoms with E-state index in [9.17, 15) is 0 Å². The lowest BCUT2D eigenvalue weighted by molar-refractivity contribution is 1.56. The summed E-state index contributed by atoms with van der Waals surface area (Å²) in [7, 11) is -0.260. The summed E-state index contributed by atoms with van der Waals surface area (Å²) in [6.07, 6.45) is 0. The lowest BCUT2D eigenvalue weighted by Crippen LogP contribution is -1.65. The SMILES string of the molecule is C[SiH2]N=C=N. The molecule has 0 spiro atoms. The van der Waals surface area contributed by atoms with Gasteiger partial charge in [0, 0.05) is 0 Å². The molecule has 0 heterocycles. The van der Waals surface area contributed by atoms with Gasteiger partial charge in [0.15, 0.2) is 9.68 Å². The van der Waals surface area contributed by atoms with Gasteiger partial charge < -0.3 is 0 Å². The molecule has 1 N–H and O–H groups in total. The molecule has 0 aliphatic heterocycles. The zero-order valence-corrected chi connectivity index (χ0v) is 4.57. The Kier molecular flexibility index (Phi) is 3.31. The number of rotatable bonds is 1. The van der Waals surface area contributed by atoms with Gasteiger partial charge in [-0.15, -0.1) is 0 Å². The highest BCUT2D eigenvalue weighted by Gasteiger charge is 1.53. The van der Waals surface area contributed by atoms with Crippen LogP contribution in [0.1, 0.15) is 0 Å². The maximum atomic E-state index is 6.22. The first-order valence-corrected chi connectivity index (χ1v) is 3.54. The average Bonchev–Trinajstić information content (AvgIpc) is 1.41. The third-order valence-electron chi connectivity index (χ3n) is 0.237. The van der Waals surface area contributed by atoms with E-state index in [0.717, 1.165) is 0 Å². The Morgan fingerprint density at radius 1 is 2.00 bits per heavy atom. The maximum Gasteiger partial charge on any atom is 0.161 e. The number of nitrogens with zero attached hydrogens (tertiary/aromatic N) is 1. The molecule has 0 bridgehead atoms. The summed E-state index contributed by atoms with van der Waals surface area (Å²) in [5.74, 6) is 0. The van der Waals surface area contributed by atoms with Crippen molar-refractivity contribution >= 4 is 15.7 Å². The van der Waals surface area contributed by atoms with Crippen LogP contribution in [0, 0.1) is 5.41 Å². The molecule has 0 aromatic rings. The van der Waals surface area contributed by atoms with Crippen molar-refractivity contribution in [3.8, 4) is 0 Å². The van der Waals surface area contributed by atoms with E-state index in [2.05, 4.69) is 4.66 Å². The van der Waals surface area contributed by atoms with E-state index < -0.39 is 0 Å². The molecule has 0 aliphatic carbocycles. The van der Waals surface area contributed by atoms with Gasteiger partial charge in [-0.3, -0.25) is 4.66 Å². The third kappa shape index (κ3) is 3.60. The number of hydrogen-bond donors (Lipinski definition) is 1. The highest BCUT2D eigenvalue weighted by Crippen LogP contribution is 1.48. The average molecular weight is 86.2 g/mol. The summed E-state index contributed by atoms with van der Waals surface area (Å²) in [5.41, 5.74) is 0. The van der Waals surface area contributed by atoms with Crippen LogP contribution in [0.4, 0.5) is 0 Å². The van der Waals surface area contributed by atoms with Gasteiger partial charge in [0.1, 0.15) is 0 Å². The van der Waals surface area contributed by atoms with E-state index in [1.54, 1.807) is 0 Å². The van der Waals surface area contributed by atoms with E-state index in [1.807, 2.05) is 12.6 Å². The molecule has 0 atom stereocenters. The van der Waals surface area contributed by atoms with Gasteiger partial charge >= 0.3 is 0 Å². The highest BCUT2D eigenvalue weighted by molar-refractivity contribution is 6.32. The van der Waals surface area contributed by atoms with Gasteiger partial charge in [-0.05, 0) is 0 Å².